The van der Waals surface area contributed by atoms with E-state index in [2.05, 4.69) is 24.9 Å². The molecule has 1 heterocycles. The Hall–Kier alpha value is -1.31. The first kappa shape index (κ1) is 8.30. The van der Waals surface area contributed by atoms with Gasteiger partial charge >= 0.3 is 0 Å². The highest BCUT2D eigenvalue weighted by atomic mass is 16.3. The van der Waals surface area contributed by atoms with Crippen LogP contribution in [0.1, 0.15) is 19.4 Å². The van der Waals surface area contributed by atoms with Crippen molar-refractivity contribution in [1.29, 1.82) is 0 Å². The van der Waals surface area contributed by atoms with Crippen LogP contribution in [0.4, 0.5) is 0 Å². The number of rotatable bonds is 2. The molecule has 0 radical (unpaired) electrons. The highest BCUT2D eigenvalue weighted by Crippen LogP contribution is 2.19. The van der Waals surface area contributed by atoms with Crippen LogP contribution in [-0.4, -0.2) is 4.98 Å². The number of aromatic nitrogens is 1. The van der Waals surface area contributed by atoms with Crippen molar-refractivity contribution in [2.75, 3.05) is 0 Å². The summed E-state index contributed by atoms with van der Waals surface area (Å²) in [7, 11) is 0. The fourth-order valence-corrected chi connectivity index (χ4v) is 1.55. The summed E-state index contributed by atoms with van der Waals surface area (Å²) in [5, 5.41) is 0. The van der Waals surface area contributed by atoms with Gasteiger partial charge in [0.2, 0.25) is 0 Å². The summed E-state index contributed by atoms with van der Waals surface area (Å²) in [6, 6.07) is 6.09. The van der Waals surface area contributed by atoms with Crippen molar-refractivity contribution in [1.82, 2.24) is 4.98 Å². The summed E-state index contributed by atoms with van der Waals surface area (Å²) in [6.45, 7) is 4.41. The standard InChI is InChI=1S/C11H13NO/c1-8(2)6-9-4-3-5-10-11(9)12-7-13-10/h3-5,7-8H,6H2,1-2H3. The lowest BCUT2D eigenvalue weighted by molar-refractivity contribution is 0.602. The Kier molecular flexibility index (Phi) is 2.05. The second-order valence-electron chi connectivity index (χ2n) is 3.71. The third-order valence-corrected chi connectivity index (χ3v) is 2.07. The Morgan fingerprint density at radius 1 is 1.38 bits per heavy atom. The predicted molar refractivity (Wildman–Crippen MR) is 52.6 cm³/mol. The van der Waals surface area contributed by atoms with E-state index in [1.165, 1.54) is 12.0 Å². The summed E-state index contributed by atoms with van der Waals surface area (Å²) in [5.74, 6) is 0.655. The van der Waals surface area contributed by atoms with Crippen molar-refractivity contribution < 1.29 is 4.42 Å². The third-order valence-electron chi connectivity index (χ3n) is 2.07. The van der Waals surface area contributed by atoms with E-state index in [-0.39, 0.29) is 0 Å². The largest absolute Gasteiger partial charge is 0.443 e. The Morgan fingerprint density at radius 2 is 2.23 bits per heavy atom. The van der Waals surface area contributed by atoms with Gasteiger partial charge in [0.05, 0.1) is 0 Å². The molecule has 68 valence electrons. The number of oxazole rings is 1. The maximum absolute atomic E-state index is 5.23. The van der Waals surface area contributed by atoms with Gasteiger partial charge in [-0.15, -0.1) is 0 Å². The molecule has 0 N–H and O–H groups in total. The molecule has 2 rings (SSSR count). The fourth-order valence-electron chi connectivity index (χ4n) is 1.55. The molecule has 0 saturated heterocycles. The smallest absolute Gasteiger partial charge is 0.181 e. The molecule has 0 spiro atoms. The van der Waals surface area contributed by atoms with Crippen molar-refractivity contribution in [3.05, 3.63) is 30.2 Å². The van der Waals surface area contributed by atoms with Gasteiger partial charge in [-0.1, -0.05) is 26.0 Å². The molecule has 2 nitrogen and oxygen atoms in total. The van der Waals surface area contributed by atoms with Crippen LogP contribution in [0.3, 0.4) is 0 Å². The zero-order valence-electron chi connectivity index (χ0n) is 7.95. The Morgan fingerprint density at radius 3 is 3.00 bits per heavy atom. The summed E-state index contributed by atoms with van der Waals surface area (Å²) in [4.78, 5) is 4.21. The van der Waals surface area contributed by atoms with Crippen LogP contribution in [0.5, 0.6) is 0 Å². The quantitative estimate of drug-likeness (QED) is 0.701. The first-order chi connectivity index (χ1) is 6.27. The average molecular weight is 175 g/mol. The maximum atomic E-state index is 5.23. The second-order valence-corrected chi connectivity index (χ2v) is 3.71. The number of nitrogens with zero attached hydrogens (tertiary/aromatic N) is 1. The summed E-state index contributed by atoms with van der Waals surface area (Å²) >= 11 is 0. The van der Waals surface area contributed by atoms with Crippen LogP contribution in [0.25, 0.3) is 11.1 Å². The van der Waals surface area contributed by atoms with Crippen LogP contribution in [0, 0.1) is 5.92 Å². The Balaban J connectivity index is 2.48. The van der Waals surface area contributed by atoms with E-state index in [9.17, 15) is 0 Å². The van der Waals surface area contributed by atoms with Crippen molar-refractivity contribution in [2.45, 2.75) is 20.3 Å². The van der Waals surface area contributed by atoms with E-state index in [1.807, 2.05) is 12.1 Å². The zero-order valence-corrected chi connectivity index (χ0v) is 7.95. The molecule has 13 heavy (non-hydrogen) atoms. The highest BCUT2D eigenvalue weighted by Gasteiger charge is 2.05. The van der Waals surface area contributed by atoms with E-state index in [1.54, 1.807) is 0 Å². The number of benzene rings is 1. The highest BCUT2D eigenvalue weighted by molar-refractivity contribution is 5.75. The second kappa shape index (κ2) is 3.21. The first-order valence-electron chi connectivity index (χ1n) is 4.58. The number of fused-ring (bicyclic) bond motifs is 1. The van der Waals surface area contributed by atoms with Crippen LogP contribution < -0.4 is 0 Å². The summed E-state index contributed by atoms with van der Waals surface area (Å²) < 4.78 is 5.23. The van der Waals surface area contributed by atoms with Crippen molar-refractivity contribution >= 4 is 11.1 Å². The van der Waals surface area contributed by atoms with E-state index < -0.39 is 0 Å². The summed E-state index contributed by atoms with van der Waals surface area (Å²) in [6.07, 6.45) is 2.57. The molecular weight excluding hydrogens is 162 g/mol. The van der Waals surface area contributed by atoms with Crippen LogP contribution in [0.15, 0.2) is 29.0 Å². The Labute approximate surface area is 77.6 Å². The molecule has 2 heteroatoms. The van der Waals surface area contributed by atoms with E-state index in [4.69, 9.17) is 4.42 Å². The molecule has 1 aromatic heterocycles. The van der Waals surface area contributed by atoms with Crippen LogP contribution >= 0.6 is 0 Å². The number of hydrogen-bond donors (Lipinski definition) is 0. The van der Waals surface area contributed by atoms with Crippen molar-refractivity contribution in [3.63, 3.8) is 0 Å². The molecule has 0 amide bonds. The molecule has 0 aliphatic carbocycles. The van der Waals surface area contributed by atoms with Crippen molar-refractivity contribution in [3.8, 4) is 0 Å². The lowest BCUT2D eigenvalue weighted by atomic mass is 10.0. The molecule has 0 atom stereocenters. The predicted octanol–water partition coefficient (Wildman–Crippen LogP) is 3.03. The molecule has 2 aromatic rings. The molecule has 0 unspecified atom stereocenters. The molecule has 0 aliphatic rings. The molecule has 0 bridgehead atoms. The molecule has 0 fully saturated rings. The molecule has 0 saturated carbocycles. The van der Waals surface area contributed by atoms with Gasteiger partial charge in [0.15, 0.2) is 12.0 Å². The maximum Gasteiger partial charge on any atom is 0.181 e. The van der Waals surface area contributed by atoms with Gasteiger partial charge in [-0.25, -0.2) is 4.98 Å². The third kappa shape index (κ3) is 1.57. The lowest BCUT2D eigenvalue weighted by Crippen LogP contribution is -1.94. The van der Waals surface area contributed by atoms with Gasteiger partial charge in [-0.05, 0) is 24.0 Å². The molecule has 1 aromatic carbocycles. The van der Waals surface area contributed by atoms with E-state index in [0.29, 0.717) is 5.92 Å². The number of para-hydroxylation sites is 1. The minimum absolute atomic E-state index is 0.655. The average Bonchev–Trinajstić information content (AvgIpc) is 2.51. The van der Waals surface area contributed by atoms with Crippen LogP contribution in [0.2, 0.25) is 0 Å². The fraction of sp³-hybridized carbons (Fsp3) is 0.364. The van der Waals surface area contributed by atoms with Gasteiger partial charge in [-0.2, -0.15) is 0 Å². The van der Waals surface area contributed by atoms with Gasteiger partial charge in [0, 0.05) is 0 Å². The summed E-state index contributed by atoms with van der Waals surface area (Å²) in [5.41, 5.74) is 3.18. The Bertz CT molecular complexity index is 403. The minimum atomic E-state index is 0.655. The van der Waals surface area contributed by atoms with Gasteiger partial charge < -0.3 is 4.42 Å². The van der Waals surface area contributed by atoms with Crippen LogP contribution in [-0.2, 0) is 6.42 Å². The minimum Gasteiger partial charge on any atom is -0.443 e. The van der Waals surface area contributed by atoms with E-state index in [0.717, 1.165) is 17.5 Å². The lowest BCUT2D eigenvalue weighted by Gasteiger charge is -2.04. The first-order valence-corrected chi connectivity index (χ1v) is 4.58. The zero-order chi connectivity index (χ0) is 9.26. The SMILES string of the molecule is CC(C)Cc1cccc2ocnc12. The molecular formula is C11H13NO. The monoisotopic (exact) mass is 175 g/mol. The molecule has 0 aliphatic heterocycles. The normalized spacial score (nSPS) is 11.3. The van der Waals surface area contributed by atoms with Gasteiger partial charge in [0.25, 0.3) is 0 Å². The number of hydrogen-bond acceptors (Lipinski definition) is 2. The topological polar surface area (TPSA) is 26.0 Å². The van der Waals surface area contributed by atoms with Gasteiger partial charge in [0.1, 0.15) is 5.52 Å². The van der Waals surface area contributed by atoms with E-state index >= 15 is 0 Å². The van der Waals surface area contributed by atoms with Gasteiger partial charge in [-0.3, -0.25) is 0 Å². The van der Waals surface area contributed by atoms with Crippen molar-refractivity contribution in [2.24, 2.45) is 5.92 Å².